The Morgan fingerprint density at radius 2 is 1.90 bits per heavy atom. The number of benzene rings is 1. The van der Waals surface area contributed by atoms with Gasteiger partial charge in [-0.15, -0.1) is 0 Å². The number of fused-ring (bicyclic) bond motifs is 1. The van der Waals surface area contributed by atoms with Crippen molar-refractivity contribution in [2.24, 2.45) is 5.73 Å². The maximum absolute atomic E-state index is 12.1. The van der Waals surface area contributed by atoms with Gasteiger partial charge in [-0.05, 0) is 12.1 Å². The second-order valence-corrected chi connectivity index (χ2v) is 4.26. The molecule has 8 heteroatoms. The van der Waals surface area contributed by atoms with Gasteiger partial charge in [0.2, 0.25) is 0 Å². The summed E-state index contributed by atoms with van der Waals surface area (Å²) in [5.41, 5.74) is 11.0. The number of carboxylic acids is 1. The highest BCUT2D eigenvalue weighted by atomic mass is 16.4. The Bertz CT molecular complexity index is 640. The van der Waals surface area contributed by atoms with Crippen LogP contribution in [0.2, 0.25) is 0 Å². The molecule has 1 aliphatic rings. The van der Waals surface area contributed by atoms with Gasteiger partial charge in [-0.1, -0.05) is 6.07 Å². The van der Waals surface area contributed by atoms with E-state index in [1.54, 1.807) is 0 Å². The van der Waals surface area contributed by atoms with Crippen LogP contribution in [0.25, 0.3) is 0 Å². The first-order valence-corrected chi connectivity index (χ1v) is 5.63. The van der Waals surface area contributed by atoms with E-state index in [9.17, 15) is 19.2 Å². The van der Waals surface area contributed by atoms with Gasteiger partial charge in [-0.3, -0.25) is 19.2 Å². The number of rotatable bonds is 3. The number of carbonyl (C=O) groups is 4. The molecule has 0 aromatic heterocycles. The van der Waals surface area contributed by atoms with Crippen molar-refractivity contribution >= 4 is 29.4 Å². The van der Waals surface area contributed by atoms with Gasteiger partial charge in [0, 0.05) is 5.69 Å². The first kappa shape index (κ1) is 13.7. The minimum Gasteiger partial charge on any atom is -0.481 e. The number of carbonyl (C=O) groups excluding carboxylic acids is 3. The van der Waals surface area contributed by atoms with Gasteiger partial charge in [0.25, 0.3) is 17.7 Å². The van der Waals surface area contributed by atoms with Crippen molar-refractivity contribution in [1.29, 1.82) is 0 Å². The molecule has 1 unspecified atom stereocenters. The summed E-state index contributed by atoms with van der Waals surface area (Å²) in [6, 6.07) is 2.79. The standard InChI is InChI=1S/C12H11N3O5/c13-6-3-1-2-5-9(6)12(20)15(10(5)18)11(19)7(14)4-8(16)17/h1-3,7H,4,13-14H2,(H,16,17). The highest BCUT2D eigenvalue weighted by Crippen LogP contribution is 2.27. The first-order chi connectivity index (χ1) is 9.34. The Hall–Kier alpha value is -2.74. The Labute approximate surface area is 112 Å². The largest absolute Gasteiger partial charge is 0.481 e. The van der Waals surface area contributed by atoms with Gasteiger partial charge < -0.3 is 16.6 Å². The molecule has 1 aromatic carbocycles. The van der Waals surface area contributed by atoms with Crippen molar-refractivity contribution < 1.29 is 24.3 Å². The second kappa shape index (κ2) is 4.74. The first-order valence-electron chi connectivity index (χ1n) is 5.63. The van der Waals surface area contributed by atoms with E-state index in [2.05, 4.69) is 0 Å². The summed E-state index contributed by atoms with van der Waals surface area (Å²) in [5, 5.41) is 8.58. The van der Waals surface area contributed by atoms with Crippen LogP contribution < -0.4 is 11.5 Å². The molecule has 0 spiro atoms. The molecular weight excluding hydrogens is 266 g/mol. The fraction of sp³-hybridized carbons (Fsp3) is 0.167. The number of aliphatic carboxylic acids is 1. The highest BCUT2D eigenvalue weighted by Gasteiger charge is 2.42. The fourth-order valence-corrected chi connectivity index (χ4v) is 1.95. The topological polar surface area (TPSA) is 144 Å². The van der Waals surface area contributed by atoms with Crippen LogP contribution in [0.5, 0.6) is 0 Å². The number of carboxylic acid groups (broad SMARTS) is 1. The molecule has 0 radical (unpaired) electrons. The zero-order chi connectivity index (χ0) is 15.0. The van der Waals surface area contributed by atoms with Crippen LogP contribution in [-0.4, -0.2) is 39.7 Å². The summed E-state index contributed by atoms with van der Waals surface area (Å²) in [4.78, 5) is 46.9. The summed E-state index contributed by atoms with van der Waals surface area (Å²) in [5.74, 6) is -4.09. The molecule has 20 heavy (non-hydrogen) atoms. The van der Waals surface area contributed by atoms with Crippen molar-refractivity contribution in [2.45, 2.75) is 12.5 Å². The minimum atomic E-state index is -1.48. The van der Waals surface area contributed by atoms with Crippen molar-refractivity contribution in [3.63, 3.8) is 0 Å². The maximum atomic E-state index is 12.1. The van der Waals surface area contributed by atoms with E-state index >= 15 is 0 Å². The molecule has 1 heterocycles. The molecule has 1 atom stereocenters. The summed E-state index contributed by atoms with van der Waals surface area (Å²) in [7, 11) is 0. The van der Waals surface area contributed by atoms with Crippen LogP contribution in [0.15, 0.2) is 18.2 Å². The Kier molecular flexibility index (Phi) is 3.24. The highest BCUT2D eigenvalue weighted by molar-refractivity contribution is 6.31. The number of hydrogen-bond acceptors (Lipinski definition) is 6. The van der Waals surface area contributed by atoms with Gasteiger partial charge in [0.05, 0.1) is 23.6 Å². The molecule has 2 rings (SSSR count). The summed E-state index contributed by atoms with van der Waals surface area (Å²) < 4.78 is 0. The lowest BCUT2D eigenvalue weighted by Crippen LogP contribution is -2.47. The molecule has 1 aromatic rings. The summed E-state index contributed by atoms with van der Waals surface area (Å²) in [6.45, 7) is 0. The third-order valence-corrected chi connectivity index (χ3v) is 2.88. The molecule has 0 bridgehead atoms. The monoisotopic (exact) mass is 277 g/mol. The predicted molar refractivity (Wildman–Crippen MR) is 66.6 cm³/mol. The van der Waals surface area contributed by atoms with Crippen LogP contribution in [0, 0.1) is 0 Å². The Morgan fingerprint density at radius 3 is 2.45 bits per heavy atom. The molecule has 0 aliphatic carbocycles. The Morgan fingerprint density at radius 1 is 1.25 bits per heavy atom. The van der Waals surface area contributed by atoms with E-state index in [1.165, 1.54) is 18.2 Å². The van der Waals surface area contributed by atoms with Gasteiger partial charge in [-0.25, -0.2) is 4.90 Å². The minimum absolute atomic E-state index is 0.00544. The van der Waals surface area contributed by atoms with Crippen LogP contribution in [0.4, 0.5) is 5.69 Å². The van der Waals surface area contributed by atoms with E-state index in [1.807, 2.05) is 0 Å². The summed E-state index contributed by atoms with van der Waals surface area (Å²) in [6.07, 6.45) is -0.679. The molecule has 0 saturated carbocycles. The fourth-order valence-electron chi connectivity index (χ4n) is 1.95. The molecule has 8 nitrogen and oxygen atoms in total. The normalized spacial score (nSPS) is 15.2. The molecule has 104 valence electrons. The Balaban J connectivity index is 2.36. The SMILES string of the molecule is Nc1cccc2c1C(=O)N(C(=O)C(N)CC(=O)O)C2=O. The van der Waals surface area contributed by atoms with E-state index < -0.39 is 36.2 Å². The molecule has 1 aliphatic heterocycles. The lowest BCUT2D eigenvalue weighted by molar-refractivity contribution is -0.140. The lowest BCUT2D eigenvalue weighted by Gasteiger charge is -2.15. The molecule has 0 fully saturated rings. The zero-order valence-electron chi connectivity index (χ0n) is 10.2. The number of imide groups is 3. The van der Waals surface area contributed by atoms with Crippen LogP contribution in [-0.2, 0) is 9.59 Å². The number of anilines is 1. The van der Waals surface area contributed by atoms with Crippen molar-refractivity contribution in [3.8, 4) is 0 Å². The van der Waals surface area contributed by atoms with Crippen LogP contribution in [0.3, 0.4) is 0 Å². The number of amides is 3. The predicted octanol–water partition coefficient (Wildman–Crippen LogP) is -0.807. The van der Waals surface area contributed by atoms with E-state index in [-0.39, 0.29) is 16.8 Å². The average Bonchev–Trinajstić information content (AvgIpc) is 2.61. The third kappa shape index (κ3) is 2.01. The number of nitrogens with two attached hydrogens (primary N) is 2. The van der Waals surface area contributed by atoms with Gasteiger partial charge >= 0.3 is 5.97 Å². The van der Waals surface area contributed by atoms with Gasteiger partial charge in [-0.2, -0.15) is 0 Å². The van der Waals surface area contributed by atoms with Crippen molar-refractivity contribution in [2.75, 3.05) is 5.73 Å². The maximum Gasteiger partial charge on any atom is 0.305 e. The van der Waals surface area contributed by atoms with Crippen molar-refractivity contribution in [1.82, 2.24) is 4.90 Å². The zero-order valence-corrected chi connectivity index (χ0v) is 10.2. The third-order valence-electron chi connectivity index (χ3n) is 2.88. The van der Waals surface area contributed by atoms with Gasteiger partial charge in [0.1, 0.15) is 0 Å². The number of nitrogens with zero attached hydrogens (tertiary/aromatic N) is 1. The van der Waals surface area contributed by atoms with E-state index in [0.717, 1.165) is 0 Å². The summed E-state index contributed by atoms with van der Waals surface area (Å²) >= 11 is 0. The van der Waals surface area contributed by atoms with Crippen molar-refractivity contribution in [3.05, 3.63) is 29.3 Å². The van der Waals surface area contributed by atoms with E-state index in [4.69, 9.17) is 16.6 Å². The molecule has 0 saturated heterocycles. The van der Waals surface area contributed by atoms with Gasteiger partial charge in [0.15, 0.2) is 0 Å². The lowest BCUT2D eigenvalue weighted by atomic mass is 10.1. The van der Waals surface area contributed by atoms with E-state index in [0.29, 0.717) is 4.90 Å². The van der Waals surface area contributed by atoms with Crippen LogP contribution in [0.1, 0.15) is 27.1 Å². The molecular formula is C12H11N3O5. The quantitative estimate of drug-likeness (QED) is 0.484. The molecule has 3 amide bonds. The number of nitrogen functional groups attached to an aromatic ring is 1. The van der Waals surface area contributed by atoms with Crippen LogP contribution >= 0.6 is 0 Å². The smallest absolute Gasteiger partial charge is 0.305 e. The second-order valence-electron chi connectivity index (χ2n) is 4.26. The number of hydrogen-bond donors (Lipinski definition) is 3. The average molecular weight is 277 g/mol. The molecule has 5 N–H and O–H groups in total.